The van der Waals surface area contributed by atoms with Crippen molar-refractivity contribution in [1.29, 1.82) is 0 Å². The minimum Gasteiger partial charge on any atom is -0.480 e. The molecule has 0 spiro atoms. The maximum absolute atomic E-state index is 12.2. The Morgan fingerprint density at radius 2 is 2.23 bits per heavy atom. The summed E-state index contributed by atoms with van der Waals surface area (Å²) in [6.45, 7) is 2.71. The summed E-state index contributed by atoms with van der Waals surface area (Å²) in [5, 5.41) is 14.7. The number of thiazole rings is 1. The molecular formula is C18H22N4O3S. The normalized spacial score (nSPS) is 19.2. The molecular weight excluding hydrogens is 352 g/mol. The van der Waals surface area contributed by atoms with E-state index < -0.39 is 5.97 Å². The van der Waals surface area contributed by atoms with Crippen LogP contribution in [0.4, 0.5) is 0 Å². The average molecular weight is 374 g/mol. The van der Waals surface area contributed by atoms with Gasteiger partial charge in [-0.3, -0.25) is 19.5 Å². The highest BCUT2D eigenvalue weighted by Gasteiger charge is 2.34. The van der Waals surface area contributed by atoms with Crippen molar-refractivity contribution in [2.24, 2.45) is 0 Å². The van der Waals surface area contributed by atoms with Crippen LogP contribution in [0, 0.1) is 0 Å². The second-order valence-corrected chi connectivity index (χ2v) is 7.27. The predicted molar refractivity (Wildman–Crippen MR) is 98.9 cm³/mol. The van der Waals surface area contributed by atoms with Gasteiger partial charge < -0.3 is 10.4 Å². The topological polar surface area (TPSA) is 95.4 Å². The van der Waals surface area contributed by atoms with Gasteiger partial charge in [0.1, 0.15) is 5.01 Å². The summed E-state index contributed by atoms with van der Waals surface area (Å²) < 4.78 is 0. The standard InChI is InChI=1S/C18H22N4O3S/c1-2-22(10-17(24)25)15-6-13(7-15)20-16(23)8-14-11-26-18(21-14)12-4-3-5-19-9-12/h3-5,9,11,13,15H,2,6-8,10H2,1H3,(H,20,23)(H,24,25). The van der Waals surface area contributed by atoms with Gasteiger partial charge in [-0.15, -0.1) is 11.3 Å². The first-order valence-electron chi connectivity index (χ1n) is 8.65. The van der Waals surface area contributed by atoms with Crippen molar-refractivity contribution < 1.29 is 14.7 Å². The molecule has 1 aliphatic rings. The number of hydrogen-bond acceptors (Lipinski definition) is 6. The molecule has 2 N–H and O–H groups in total. The Bertz CT molecular complexity index is 759. The monoisotopic (exact) mass is 374 g/mol. The first-order chi connectivity index (χ1) is 12.5. The van der Waals surface area contributed by atoms with Gasteiger partial charge in [0.2, 0.25) is 5.91 Å². The fourth-order valence-electron chi connectivity index (χ4n) is 3.13. The van der Waals surface area contributed by atoms with E-state index in [-0.39, 0.29) is 31.0 Å². The van der Waals surface area contributed by atoms with E-state index in [4.69, 9.17) is 5.11 Å². The number of carbonyl (C=O) groups excluding carboxylic acids is 1. The maximum Gasteiger partial charge on any atom is 0.317 e. The van der Waals surface area contributed by atoms with Crippen LogP contribution in [0.25, 0.3) is 10.6 Å². The summed E-state index contributed by atoms with van der Waals surface area (Å²) in [7, 11) is 0. The second-order valence-electron chi connectivity index (χ2n) is 6.41. The van der Waals surface area contributed by atoms with Crippen LogP contribution in [-0.2, 0) is 16.0 Å². The third-order valence-corrected chi connectivity index (χ3v) is 5.48. The minimum absolute atomic E-state index is 0.0437. The molecule has 0 unspecified atom stereocenters. The molecule has 1 amide bonds. The van der Waals surface area contributed by atoms with Crippen LogP contribution >= 0.6 is 11.3 Å². The summed E-state index contributed by atoms with van der Waals surface area (Å²) >= 11 is 1.50. The van der Waals surface area contributed by atoms with E-state index in [2.05, 4.69) is 15.3 Å². The fourth-order valence-corrected chi connectivity index (χ4v) is 3.94. The third kappa shape index (κ3) is 4.64. The molecule has 0 saturated heterocycles. The lowest BCUT2D eigenvalue weighted by molar-refractivity contribution is -0.139. The maximum atomic E-state index is 12.2. The van der Waals surface area contributed by atoms with Gasteiger partial charge in [-0.25, -0.2) is 4.98 Å². The SMILES string of the molecule is CCN(CC(=O)O)C1CC(NC(=O)Cc2csc(-c3cccnc3)n2)C1. The molecule has 3 rings (SSSR count). The Labute approximate surface area is 156 Å². The van der Waals surface area contributed by atoms with Gasteiger partial charge in [-0.05, 0) is 31.5 Å². The van der Waals surface area contributed by atoms with Crippen molar-refractivity contribution in [3.05, 3.63) is 35.6 Å². The summed E-state index contributed by atoms with van der Waals surface area (Å²) in [6, 6.07) is 4.16. The molecule has 2 aromatic heterocycles. The number of rotatable bonds is 8. The minimum atomic E-state index is -0.813. The molecule has 0 bridgehead atoms. The van der Waals surface area contributed by atoms with Crippen molar-refractivity contribution in [3.8, 4) is 10.6 Å². The molecule has 1 saturated carbocycles. The molecule has 0 radical (unpaired) electrons. The largest absolute Gasteiger partial charge is 0.480 e. The molecule has 138 valence electrons. The Morgan fingerprint density at radius 1 is 1.42 bits per heavy atom. The van der Waals surface area contributed by atoms with Crippen LogP contribution in [0.2, 0.25) is 0 Å². The van der Waals surface area contributed by atoms with Crippen molar-refractivity contribution in [2.45, 2.75) is 38.3 Å². The Balaban J connectivity index is 1.46. The highest BCUT2D eigenvalue weighted by molar-refractivity contribution is 7.13. The number of pyridine rings is 1. The molecule has 1 aliphatic carbocycles. The number of amides is 1. The molecule has 2 aromatic rings. The van der Waals surface area contributed by atoms with Crippen molar-refractivity contribution in [1.82, 2.24) is 20.2 Å². The molecule has 0 aliphatic heterocycles. The molecule has 7 nitrogen and oxygen atoms in total. The summed E-state index contributed by atoms with van der Waals surface area (Å²) in [4.78, 5) is 33.6. The van der Waals surface area contributed by atoms with Gasteiger partial charge in [-0.1, -0.05) is 6.92 Å². The van der Waals surface area contributed by atoms with Gasteiger partial charge in [0.25, 0.3) is 0 Å². The lowest BCUT2D eigenvalue weighted by Gasteiger charge is -2.42. The zero-order chi connectivity index (χ0) is 18.5. The first-order valence-corrected chi connectivity index (χ1v) is 9.53. The second kappa shape index (κ2) is 8.37. The third-order valence-electron chi connectivity index (χ3n) is 4.54. The van der Waals surface area contributed by atoms with Crippen LogP contribution in [0.1, 0.15) is 25.5 Å². The number of nitrogens with zero attached hydrogens (tertiary/aromatic N) is 3. The molecule has 26 heavy (non-hydrogen) atoms. The van der Waals surface area contributed by atoms with E-state index in [1.165, 1.54) is 11.3 Å². The lowest BCUT2D eigenvalue weighted by atomic mass is 9.85. The Morgan fingerprint density at radius 3 is 2.88 bits per heavy atom. The molecule has 2 heterocycles. The van der Waals surface area contributed by atoms with Crippen molar-refractivity contribution in [3.63, 3.8) is 0 Å². The van der Waals surface area contributed by atoms with Crippen LogP contribution in [-0.4, -0.2) is 57.0 Å². The van der Waals surface area contributed by atoms with Gasteiger partial charge in [0, 0.05) is 35.4 Å². The molecule has 8 heteroatoms. The highest BCUT2D eigenvalue weighted by atomic mass is 32.1. The number of carbonyl (C=O) groups is 2. The molecule has 0 atom stereocenters. The fraction of sp³-hybridized carbons (Fsp3) is 0.444. The predicted octanol–water partition coefficient (Wildman–Crippen LogP) is 1.80. The van der Waals surface area contributed by atoms with Gasteiger partial charge in [0.15, 0.2) is 0 Å². The number of likely N-dealkylation sites (N-methyl/N-ethyl adjacent to an activating group) is 1. The average Bonchev–Trinajstić information content (AvgIpc) is 3.05. The summed E-state index contributed by atoms with van der Waals surface area (Å²) in [5.41, 5.74) is 1.70. The molecule has 1 fully saturated rings. The van der Waals surface area contributed by atoms with Crippen LogP contribution in [0.5, 0.6) is 0 Å². The van der Waals surface area contributed by atoms with E-state index in [0.29, 0.717) is 6.54 Å². The first kappa shape index (κ1) is 18.5. The number of carboxylic acid groups (broad SMARTS) is 1. The van der Waals surface area contributed by atoms with Gasteiger partial charge >= 0.3 is 5.97 Å². The Kier molecular flexibility index (Phi) is 5.95. The Hall–Kier alpha value is -2.32. The van der Waals surface area contributed by atoms with Crippen LogP contribution in [0.3, 0.4) is 0 Å². The lowest BCUT2D eigenvalue weighted by Crippen LogP contribution is -2.55. The number of aromatic nitrogens is 2. The van der Waals surface area contributed by atoms with Gasteiger partial charge in [-0.2, -0.15) is 0 Å². The number of carboxylic acids is 1. The van der Waals surface area contributed by atoms with E-state index in [9.17, 15) is 9.59 Å². The van der Waals surface area contributed by atoms with Crippen molar-refractivity contribution in [2.75, 3.05) is 13.1 Å². The smallest absolute Gasteiger partial charge is 0.317 e. The van der Waals surface area contributed by atoms with Crippen molar-refractivity contribution >= 4 is 23.2 Å². The van der Waals surface area contributed by atoms with E-state index >= 15 is 0 Å². The summed E-state index contributed by atoms with van der Waals surface area (Å²) in [5.74, 6) is -0.856. The van der Waals surface area contributed by atoms with E-state index in [1.54, 1.807) is 12.4 Å². The molecule has 0 aromatic carbocycles. The number of hydrogen-bond donors (Lipinski definition) is 2. The number of nitrogens with one attached hydrogen (secondary N) is 1. The highest BCUT2D eigenvalue weighted by Crippen LogP contribution is 2.26. The zero-order valence-corrected chi connectivity index (χ0v) is 15.4. The quantitative estimate of drug-likeness (QED) is 0.732. The van der Waals surface area contributed by atoms with Crippen LogP contribution in [0.15, 0.2) is 29.9 Å². The number of aliphatic carboxylic acids is 1. The zero-order valence-electron chi connectivity index (χ0n) is 14.6. The summed E-state index contributed by atoms with van der Waals surface area (Å²) in [6.07, 6.45) is 5.32. The van der Waals surface area contributed by atoms with Crippen LogP contribution < -0.4 is 5.32 Å². The van der Waals surface area contributed by atoms with E-state index in [1.807, 2.05) is 29.3 Å². The van der Waals surface area contributed by atoms with Gasteiger partial charge in [0.05, 0.1) is 18.7 Å². The van der Waals surface area contributed by atoms with E-state index in [0.717, 1.165) is 29.1 Å².